The van der Waals surface area contributed by atoms with Gasteiger partial charge in [0, 0.05) is 13.2 Å². The van der Waals surface area contributed by atoms with Crippen molar-refractivity contribution in [1.29, 1.82) is 0 Å². The van der Waals surface area contributed by atoms with Crippen LogP contribution in [0.1, 0.15) is 0 Å². The maximum Gasteiger partial charge on any atom is 0.164 e. The van der Waals surface area contributed by atoms with E-state index in [4.69, 9.17) is 23.2 Å². The summed E-state index contributed by atoms with van der Waals surface area (Å²) in [7, 11) is 1.78. The molecule has 0 radical (unpaired) electrons. The van der Waals surface area contributed by atoms with Crippen LogP contribution in [-0.2, 0) is 0 Å². The summed E-state index contributed by atoms with van der Waals surface area (Å²) in [4.78, 5) is 8.56. The minimum Gasteiger partial charge on any atom is -0.372 e. The second-order valence-electron chi connectivity index (χ2n) is 3.24. The number of aromatic nitrogens is 2. The van der Waals surface area contributed by atoms with Gasteiger partial charge in [-0.05, 0) is 28.1 Å². The normalized spacial score (nSPS) is 10.4. The average molecular weight is 333 g/mol. The van der Waals surface area contributed by atoms with E-state index in [-0.39, 0.29) is 0 Å². The molecule has 0 spiro atoms. The summed E-state index contributed by atoms with van der Waals surface area (Å²) in [6.07, 6.45) is 1.66. The van der Waals surface area contributed by atoms with Gasteiger partial charge in [-0.2, -0.15) is 0 Å². The minimum atomic E-state index is 0.494. The summed E-state index contributed by atoms with van der Waals surface area (Å²) in [5.41, 5.74) is 0.639. The Morgan fingerprint density at radius 1 is 1.24 bits per heavy atom. The first kappa shape index (κ1) is 12.6. The van der Waals surface area contributed by atoms with Crippen LogP contribution < -0.4 is 5.32 Å². The third-order valence-corrected chi connectivity index (χ3v) is 3.38. The van der Waals surface area contributed by atoms with Gasteiger partial charge in [-0.3, -0.25) is 0 Å². The molecule has 0 atom stereocenters. The van der Waals surface area contributed by atoms with E-state index in [1.54, 1.807) is 31.4 Å². The highest BCUT2D eigenvalue weighted by Crippen LogP contribution is 2.33. The number of hydrogen-bond acceptors (Lipinski definition) is 3. The molecule has 0 fully saturated rings. The highest BCUT2D eigenvalue weighted by Gasteiger charge is 2.12. The molecular weight excluding hydrogens is 325 g/mol. The average Bonchev–Trinajstić information content (AvgIpc) is 2.31. The summed E-state index contributed by atoms with van der Waals surface area (Å²) < 4.78 is 0.784. The van der Waals surface area contributed by atoms with Gasteiger partial charge in [-0.25, -0.2) is 9.97 Å². The summed E-state index contributed by atoms with van der Waals surface area (Å²) >= 11 is 15.6. The Balaban J connectivity index is 2.61. The van der Waals surface area contributed by atoms with Gasteiger partial charge < -0.3 is 5.32 Å². The van der Waals surface area contributed by atoms with Gasteiger partial charge in [0.15, 0.2) is 5.82 Å². The zero-order valence-corrected chi connectivity index (χ0v) is 11.9. The molecule has 0 bridgehead atoms. The van der Waals surface area contributed by atoms with Crippen molar-refractivity contribution in [2.45, 2.75) is 0 Å². The largest absolute Gasteiger partial charge is 0.372 e. The van der Waals surface area contributed by atoms with E-state index in [1.807, 2.05) is 0 Å². The van der Waals surface area contributed by atoms with E-state index in [0.717, 1.165) is 4.47 Å². The Hall–Kier alpha value is -0.840. The predicted octanol–water partition coefficient (Wildman–Crippen LogP) is 4.25. The second-order valence-corrected chi connectivity index (χ2v) is 4.91. The lowest BCUT2D eigenvalue weighted by molar-refractivity contribution is 1.15. The van der Waals surface area contributed by atoms with Crippen molar-refractivity contribution in [1.82, 2.24) is 9.97 Å². The maximum absolute atomic E-state index is 6.10. The number of benzene rings is 1. The van der Waals surface area contributed by atoms with Crippen LogP contribution in [0.2, 0.25) is 10.0 Å². The lowest BCUT2D eigenvalue weighted by atomic mass is 10.2. The molecule has 6 heteroatoms. The summed E-state index contributed by atoms with van der Waals surface area (Å²) in [6, 6.07) is 5.30. The third kappa shape index (κ3) is 2.54. The number of anilines is 1. The van der Waals surface area contributed by atoms with Gasteiger partial charge in [-0.15, -0.1) is 0 Å². The van der Waals surface area contributed by atoms with Gasteiger partial charge in [0.25, 0.3) is 0 Å². The lowest BCUT2D eigenvalue weighted by Crippen LogP contribution is -1.98. The molecule has 1 N–H and O–H groups in total. The zero-order valence-electron chi connectivity index (χ0n) is 8.84. The van der Waals surface area contributed by atoms with E-state index in [0.29, 0.717) is 27.3 Å². The number of nitrogens with one attached hydrogen (secondary N) is 1. The number of nitrogens with zero attached hydrogens (tertiary/aromatic N) is 2. The molecule has 0 aliphatic heterocycles. The van der Waals surface area contributed by atoms with Crippen LogP contribution in [-0.4, -0.2) is 17.0 Å². The number of rotatable bonds is 2. The van der Waals surface area contributed by atoms with Crippen LogP contribution in [0.3, 0.4) is 0 Å². The van der Waals surface area contributed by atoms with Crippen LogP contribution >= 0.6 is 39.1 Å². The first-order chi connectivity index (χ1) is 8.13. The van der Waals surface area contributed by atoms with E-state index in [2.05, 4.69) is 31.2 Å². The molecule has 2 aromatic rings. The van der Waals surface area contributed by atoms with Crippen molar-refractivity contribution in [2.24, 2.45) is 0 Å². The van der Waals surface area contributed by atoms with E-state index < -0.39 is 0 Å². The van der Waals surface area contributed by atoms with Gasteiger partial charge in [0.05, 0.1) is 20.1 Å². The molecule has 0 amide bonds. The van der Waals surface area contributed by atoms with Crippen LogP contribution in [0.15, 0.2) is 28.9 Å². The Kier molecular flexibility index (Phi) is 3.86. The molecule has 3 nitrogen and oxygen atoms in total. The molecule has 0 unspecified atom stereocenters. The Bertz CT molecular complexity index is 540. The molecule has 0 saturated heterocycles. The van der Waals surface area contributed by atoms with Crippen LogP contribution in [0, 0.1) is 0 Å². The summed E-state index contributed by atoms with van der Waals surface area (Å²) in [6.45, 7) is 0. The maximum atomic E-state index is 6.10. The monoisotopic (exact) mass is 331 g/mol. The highest BCUT2D eigenvalue weighted by molar-refractivity contribution is 9.10. The van der Waals surface area contributed by atoms with Crippen molar-refractivity contribution in [2.75, 3.05) is 12.4 Å². The lowest BCUT2D eigenvalue weighted by Gasteiger charge is -2.08. The fraction of sp³-hybridized carbons (Fsp3) is 0.0909. The Morgan fingerprint density at radius 2 is 1.88 bits per heavy atom. The molecule has 0 aliphatic rings. The van der Waals surface area contributed by atoms with E-state index in [9.17, 15) is 0 Å². The molecule has 0 aliphatic carbocycles. The zero-order chi connectivity index (χ0) is 12.4. The topological polar surface area (TPSA) is 37.8 Å². The summed E-state index contributed by atoms with van der Waals surface area (Å²) in [5.74, 6) is 1.18. The fourth-order valence-electron chi connectivity index (χ4n) is 1.37. The second kappa shape index (κ2) is 5.21. The smallest absolute Gasteiger partial charge is 0.164 e. The van der Waals surface area contributed by atoms with Gasteiger partial charge in [0.2, 0.25) is 0 Å². The van der Waals surface area contributed by atoms with Crippen molar-refractivity contribution < 1.29 is 0 Å². The molecule has 1 aromatic carbocycles. The first-order valence-electron chi connectivity index (χ1n) is 4.78. The standard InChI is InChI=1S/C11H8BrCl2N3/c1-15-10-6(12)5-16-11(17-10)9-7(13)3-2-4-8(9)14/h2-5H,1H3,(H,15,16,17). The molecule has 2 rings (SSSR count). The predicted molar refractivity (Wildman–Crippen MR) is 74.7 cm³/mol. The SMILES string of the molecule is CNc1nc(-c2c(Cl)cccc2Cl)ncc1Br. The molecule has 1 heterocycles. The van der Waals surface area contributed by atoms with E-state index >= 15 is 0 Å². The molecule has 88 valence electrons. The van der Waals surface area contributed by atoms with Crippen molar-refractivity contribution in [3.05, 3.63) is 38.9 Å². The number of hydrogen-bond donors (Lipinski definition) is 1. The van der Waals surface area contributed by atoms with Crippen LogP contribution in [0.25, 0.3) is 11.4 Å². The minimum absolute atomic E-state index is 0.494. The van der Waals surface area contributed by atoms with Crippen LogP contribution in [0.4, 0.5) is 5.82 Å². The molecule has 1 aromatic heterocycles. The summed E-state index contributed by atoms with van der Waals surface area (Å²) in [5, 5.41) is 4.02. The Morgan fingerprint density at radius 3 is 2.47 bits per heavy atom. The van der Waals surface area contributed by atoms with E-state index in [1.165, 1.54) is 0 Å². The quantitative estimate of drug-likeness (QED) is 0.893. The molecule has 0 saturated carbocycles. The molecular formula is C11H8BrCl2N3. The fourth-order valence-corrected chi connectivity index (χ4v) is 2.33. The van der Waals surface area contributed by atoms with Crippen molar-refractivity contribution >= 4 is 44.9 Å². The highest BCUT2D eigenvalue weighted by atomic mass is 79.9. The molecule has 17 heavy (non-hydrogen) atoms. The van der Waals surface area contributed by atoms with Gasteiger partial charge in [-0.1, -0.05) is 29.3 Å². The first-order valence-corrected chi connectivity index (χ1v) is 6.33. The third-order valence-electron chi connectivity index (χ3n) is 2.17. The number of halogens is 3. The van der Waals surface area contributed by atoms with Crippen molar-refractivity contribution in [3.8, 4) is 11.4 Å². The Labute approximate surface area is 117 Å². The van der Waals surface area contributed by atoms with Crippen molar-refractivity contribution in [3.63, 3.8) is 0 Å². The van der Waals surface area contributed by atoms with Gasteiger partial charge >= 0.3 is 0 Å². The van der Waals surface area contributed by atoms with Gasteiger partial charge in [0.1, 0.15) is 5.82 Å². The van der Waals surface area contributed by atoms with Crippen LogP contribution in [0.5, 0.6) is 0 Å².